The lowest BCUT2D eigenvalue weighted by atomic mass is 10.3. The maximum atomic E-state index is 13.3. The number of anilines is 1. The van der Waals surface area contributed by atoms with Gasteiger partial charge in [-0.25, -0.2) is 9.37 Å². The Morgan fingerprint density at radius 1 is 1.33 bits per heavy atom. The van der Waals surface area contributed by atoms with Crippen LogP contribution in [-0.4, -0.2) is 17.1 Å². The minimum atomic E-state index is -0.437. The largest absolute Gasteiger partial charge is 0.489 e. The fourth-order valence-corrected chi connectivity index (χ4v) is 1.53. The van der Waals surface area contributed by atoms with Crippen LogP contribution in [0.2, 0.25) is 0 Å². The second kappa shape index (κ2) is 5.18. The summed E-state index contributed by atoms with van der Waals surface area (Å²) < 4.78 is 24.1. The van der Waals surface area contributed by atoms with Gasteiger partial charge in [0, 0.05) is 6.07 Å². The van der Waals surface area contributed by atoms with Crippen molar-refractivity contribution in [1.82, 2.24) is 9.97 Å². The van der Waals surface area contributed by atoms with Crippen LogP contribution in [0.5, 0.6) is 17.4 Å². The minimum Gasteiger partial charge on any atom is -0.489 e. The van der Waals surface area contributed by atoms with Crippen LogP contribution >= 0.6 is 15.9 Å². The number of ether oxygens (including phenoxy) is 2. The van der Waals surface area contributed by atoms with Crippen LogP contribution < -0.4 is 15.2 Å². The number of hydrogen-bond donors (Lipinski definition) is 1. The fourth-order valence-electron chi connectivity index (χ4n) is 1.29. The SMILES string of the molecule is COc1c(N)ncnc1Oc1ccc(Br)c(F)c1. The zero-order chi connectivity index (χ0) is 13.1. The smallest absolute Gasteiger partial charge is 0.268 e. The second-order valence-corrected chi connectivity index (χ2v) is 4.13. The van der Waals surface area contributed by atoms with Crippen molar-refractivity contribution in [3.63, 3.8) is 0 Å². The van der Waals surface area contributed by atoms with Crippen molar-refractivity contribution in [1.29, 1.82) is 0 Å². The van der Waals surface area contributed by atoms with E-state index in [0.29, 0.717) is 4.47 Å². The lowest BCUT2D eigenvalue weighted by molar-refractivity contribution is 0.368. The van der Waals surface area contributed by atoms with E-state index in [2.05, 4.69) is 25.9 Å². The monoisotopic (exact) mass is 313 g/mol. The van der Waals surface area contributed by atoms with E-state index >= 15 is 0 Å². The van der Waals surface area contributed by atoms with Gasteiger partial charge in [-0.2, -0.15) is 4.98 Å². The molecule has 0 aliphatic heterocycles. The van der Waals surface area contributed by atoms with Crippen LogP contribution in [0.1, 0.15) is 0 Å². The van der Waals surface area contributed by atoms with Gasteiger partial charge in [0.2, 0.25) is 5.75 Å². The van der Waals surface area contributed by atoms with Crippen LogP contribution in [0, 0.1) is 5.82 Å². The van der Waals surface area contributed by atoms with E-state index in [4.69, 9.17) is 15.2 Å². The van der Waals surface area contributed by atoms with Gasteiger partial charge in [0.15, 0.2) is 5.82 Å². The zero-order valence-electron chi connectivity index (χ0n) is 9.35. The first-order chi connectivity index (χ1) is 8.61. The molecule has 1 heterocycles. The molecule has 2 aromatic rings. The van der Waals surface area contributed by atoms with Crippen molar-refractivity contribution in [3.05, 3.63) is 34.8 Å². The molecule has 0 amide bonds. The summed E-state index contributed by atoms with van der Waals surface area (Å²) in [5.74, 6) is 0.341. The third-order valence-corrected chi connectivity index (χ3v) is 2.75. The molecule has 7 heteroatoms. The fraction of sp³-hybridized carbons (Fsp3) is 0.0909. The number of nitrogens with two attached hydrogens (primary N) is 1. The first-order valence-electron chi connectivity index (χ1n) is 4.89. The van der Waals surface area contributed by atoms with Gasteiger partial charge in [0.1, 0.15) is 17.9 Å². The van der Waals surface area contributed by atoms with E-state index in [1.807, 2.05) is 0 Å². The Kier molecular flexibility index (Phi) is 3.61. The highest BCUT2D eigenvalue weighted by molar-refractivity contribution is 9.10. The van der Waals surface area contributed by atoms with Gasteiger partial charge >= 0.3 is 0 Å². The van der Waals surface area contributed by atoms with Gasteiger partial charge in [-0.1, -0.05) is 0 Å². The van der Waals surface area contributed by atoms with Gasteiger partial charge in [-0.15, -0.1) is 0 Å². The lowest BCUT2D eigenvalue weighted by Crippen LogP contribution is -2.00. The highest BCUT2D eigenvalue weighted by Gasteiger charge is 2.12. The Morgan fingerprint density at radius 3 is 2.78 bits per heavy atom. The summed E-state index contributed by atoms with van der Waals surface area (Å²) in [7, 11) is 1.42. The molecule has 0 aliphatic rings. The number of methoxy groups -OCH3 is 1. The number of hydrogen-bond acceptors (Lipinski definition) is 5. The number of aromatic nitrogens is 2. The van der Waals surface area contributed by atoms with Gasteiger partial charge < -0.3 is 15.2 Å². The maximum Gasteiger partial charge on any atom is 0.268 e. The summed E-state index contributed by atoms with van der Waals surface area (Å²) in [5, 5.41) is 0. The van der Waals surface area contributed by atoms with Crippen molar-refractivity contribution in [2.24, 2.45) is 0 Å². The first-order valence-corrected chi connectivity index (χ1v) is 5.68. The van der Waals surface area contributed by atoms with Crippen LogP contribution in [0.3, 0.4) is 0 Å². The zero-order valence-corrected chi connectivity index (χ0v) is 10.9. The topological polar surface area (TPSA) is 70.3 Å². The van der Waals surface area contributed by atoms with E-state index < -0.39 is 5.82 Å². The summed E-state index contributed by atoms with van der Waals surface area (Å²) in [6.07, 6.45) is 1.24. The molecule has 0 radical (unpaired) electrons. The van der Waals surface area contributed by atoms with E-state index in [0.717, 1.165) is 0 Å². The number of halogens is 2. The average molecular weight is 314 g/mol. The molecule has 1 aromatic carbocycles. The molecular weight excluding hydrogens is 305 g/mol. The summed E-state index contributed by atoms with van der Waals surface area (Å²) >= 11 is 3.05. The van der Waals surface area contributed by atoms with Crippen LogP contribution in [-0.2, 0) is 0 Å². The normalized spacial score (nSPS) is 10.2. The van der Waals surface area contributed by atoms with Crippen LogP contribution in [0.25, 0.3) is 0 Å². The molecule has 0 spiro atoms. The molecule has 2 N–H and O–H groups in total. The predicted octanol–water partition coefficient (Wildman–Crippen LogP) is 2.76. The van der Waals surface area contributed by atoms with Crippen molar-refractivity contribution in [3.8, 4) is 17.4 Å². The molecule has 18 heavy (non-hydrogen) atoms. The average Bonchev–Trinajstić information content (AvgIpc) is 2.34. The molecule has 0 unspecified atom stereocenters. The quantitative estimate of drug-likeness (QED) is 0.943. The number of rotatable bonds is 3. The Balaban J connectivity index is 2.34. The number of nitrogen functional groups attached to an aromatic ring is 1. The Bertz CT molecular complexity index is 580. The highest BCUT2D eigenvalue weighted by Crippen LogP contribution is 2.33. The van der Waals surface area contributed by atoms with Gasteiger partial charge in [0.05, 0.1) is 11.6 Å². The molecule has 2 rings (SSSR count). The standard InChI is InChI=1S/C11H9BrFN3O2/c1-17-9-10(14)15-5-16-11(9)18-6-2-3-7(12)8(13)4-6/h2-5H,1H3,(H2,14,15,16). The molecule has 0 saturated heterocycles. The van der Waals surface area contributed by atoms with Crippen molar-refractivity contribution < 1.29 is 13.9 Å². The van der Waals surface area contributed by atoms with Gasteiger partial charge in [-0.3, -0.25) is 0 Å². The third-order valence-electron chi connectivity index (χ3n) is 2.11. The summed E-state index contributed by atoms with van der Waals surface area (Å²) in [4.78, 5) is 7.65. The van der Waals surface area contributed by atoms with E-state index in [1.54, 1.807) is 6.07 Å². The number of benzene rings is 1. The van der Waals surface area contributed by atoms with Crippen molar-refractivity contribution >= 4 is 21.7 Å². The lowest BCUT2D eigenvalue weighted by Gasteiger charge is -2.10. The van der Waals surface area contributed by atoms with E-state index in [9.17, 15) is 4.39 Å². The Morgan fingerprint density at radius 2 is 2.11 bits per heavy atom. The molecule has 1 aromatic heterocycles. The van der Waals surface area contributed by atoms with E-state index in [1.165, 1.54) is 25.6 Å². The first kappa shape index (κ1) is 12.6. The summed E-state index contributed by atoms with van der Waals surface area (Å²) in [6.45, 7) is 0. The molecule has 0 aliphatic carbocycles. The minimum absolute atomic E-state index is 0.131. The molecule has 0 saturated carbocycles. The molecule has 0 bridgehead atoms. The molecule has 0 fully saturated rings. The second-order valence-electron chi connectivity index (χ2n) is 3.28. The molecule has 0 atom stereocenters. The van der Waals surface area contributed by atoms with Crippen LogP contribution in [0.15, 0.2) is 29.0 Å². The Labute approximate surface area is 111 Å². The Hall–Kier alpha value is -1.89. The molecular formula is C11H9BrFN3O2. The van der Waals surface area contributed by atoms with Gasteiger partial charge in [0.25, 0.3) is 5.88 Å². The van der Waals surface area contributed by atoms with Crippen LogP contribution in [0.4, 0.5) is 10.2 Å². The van der Waals surface area contributed by atoms with Crippen molar-refractivity contribution in [2.75, 3.05) is 12.8 Å². The maximum absolute atomic E-state index is 13.3. The molecule has 5 nitrogen and oxygen atoms in total. The highest BCUT2D eigenvalue weighted by atomic mass is 79.9. The third kappa shape index (κ3) is 2.51. The number of nitrogens with zero attached hydrogens (tertiary/aromatic N) is 2. The van der Waals surface area contributed by atoms with E-state index in [-0.39, 0.29) is 23.2 Å². The summed E-state index contributed by atoms with van der Waals surface area (Å²) in [5.41, 5.74) is 5.60. The van der Waals surface area contributed by atoms with Crippen molar-refractivity contribution in [2.45, 2.75) is 0 Å². The predicted molar refractivity (Wildman–Crippen MR) is 67.2 cm³/mol. The molecule has 94 valence electrons. The van der Waals surface area contributed by atoms with Gasteiger partial charge in [-0.05, 0) is 28.1 Å². The summed E-state index contributed by atoms with van der Waals surface area (Å²) in [6, 6.07) is 4.34.